The molecule has 2 bridgehead atoms. The van der Waals surface area contributed by atoms with Gasteiger partial charge in [-0.2, -0.15) is 0 Å². The molecule has 3 heterocycles. The minimum atomic E-state index is -0.579. The Hall–Kier alpha value is -2.56. The minimum absolute atomic E-state index is 0.103. The number of benzene rings is 1. The third-order valence-electron chi connectivity index (χ3n) is 7.41. The molecule has 0 fully saturated rings. The number of fused-ring (bicyclic) bond motifs is 1. The van der Waals surface area contributed by atoms with Gasteiger partial charge in [0.1, 0.15) is 0 Å². The van der Waals surface area contributed by atoms with Crippen LogP contribution in [0.5, 0.6) is 0 Å². The van der Waals surface area contributed by atoms with E-state index >= 15 is 0 Å². The van der Waals surface area contributed by atoms with Crippen LogP contribution in [0.4, 0.5) is 0 Å². The van der Waals surface area contributed by atoms with Crippen LogP contribution < -0.4 is 11.4 Å². The Bertz CT molecular complexity index is 1150. The summed E-state index contributed by atoms with van der Waals surface area (Å²) in [4.78, 5) is 25.7. The summed E-state index contributed by atoms with van der Waals surface area (Å²) >= 11 is 0. The largest absolute Gasteiger partial charge is 0.347 e. The molecule has 0 N–H and O–H groups in total. The molecule has 25 heavy (non-hydrogen) atoms. The van der Waals surface area contributed by atoms with Crippen LogP contribution in [0.2, 0.25) is 0 Å². The van der Waals surface area contributed by atoms with Crippen LogP contribution in [0.1, 0.15) is 30.5 Å². The maximum atomic E-state index is 12.9. The van der Waals surface area contributed by atoms with Gasteiger partial charge >= 0.3 is 11.4 Å². The van der Waals surface area contributed by atoms with Crippen molar-refractivity contribution in [2.45, 2.75) is 36.8 Å². The SMILES string of the molecule is Cn1c(=O)n2n(c1=O)[C@@]1(C)C=C[C@@H]2[C@]23C=C[C@@]21c1ccccc1CC3. The fourth-order valence-electron chi connectivity index (χ4n) is 6.28. The molecule has 5 nitrogen and oxygen atoms in total. The smallest absolute Gasteiger partial charge is 0.246 e. The quantitative estimate of drug-likeness (QED) is 0.688. The van der Waals surface area contributed by atoms with Gasteiger partial charge in [-0.3, -0.25) is 0 Å². The van der Waals surface area contributed by atoms with Crippen molar-refractivity contribution in [3.05, 3.63) is 80.7 Å². The number of nitrogens with zero attached hydrogens (tertiary/aromatic N) is 3. The first-order valence-electron chi connectivity index (χ1n) is 8.87. The van der Waals surface area contributed by atoms with Crippen LogP contribution in [0.15, 0.2) is 58.2 Å². The molecule has 3 aliphatic carbocycles. The van der Waals surface area contributed by atoms with E-state index in [1.165, 1.54) is 15.7 Å². The second-order valence-corrected chi connectivity index (χ2v) is 8.07. The Morgan fingerprint density at radius 3 is 2.64 bits per heavy atom. The number of aryl methyl sites for hydroxylation is 1. The molecule has 4 atom stereocenters. The molecule has 0 spiro atoms. The van der Waals surface area contributed by atoms with Crippen LogP contribution in [0, 0.1) is 5.41 Å². The van der Waals surface area contributed by atoms with Crippen molar-refractivity contribution in [3.63, 3.8) is 0 Å². The van der Waals surface area contributed by atoms with E-state index in [1.807, 2.05) is 0 Å². The maximum absolute atomic E-state index is 12.9. The second-order valence-electron chi connectivity index (χ2n) is 8.07. The van der Waals surface area contributed by atoms with E-state index in [2.05, 4.69) is 55.5 Å². The first-order chi connectivity index (χ1) is 12.0. The standard InChI is InChI=1S/C20H19N3O2/c1-18-9-8-15(22-16(24)21(2)17(25)23(18)22)19-10-7-13-5-3-4-6-14(13)20(18,19)12-11-19/h3-6,8-9,11-12,15H,7,10H2,1-2H3/t15-,18+,19+,20+/m1/s1. The van der Waals surface area contributed by atoms with Crippen molar-refractivity contribution < 1.29 is 0 Å². The Balaban J connectivity index is 1.82. The van der Waals surface area contributed by atoms with Crippen molar-refractivity contribution >= 4 is 0 Å². The van der Waals surface area contributed by atoms with E-state index in [0.29, 0.717) is 0 Å². The number of allylic oxidation sites excluding steroid dienone is 4. The summed E-state index contributed by atoms with van der Waals surface area (Å²) < 4.78 is 4.66. The lowest BCUT2D eigenvalue weighted by atomic mass is 9.37. The molecule has 5 heteroatoms. The van der Waals surface area contributed by atoms with Crippen LogP contribution in [0.25, 0.3) is 0 Å². The average Bonchev–Trinajstić information content (AvgIpc) is 2.82. The van der Waals surface area contributed by atoms with Crippen molar-refractivity contribution in [3.8, 4) is 0 Å². The monoisotopic (exact) mass is 333 g/mol. The first-order valence-corrected chi connectivity index (χ1v) is 8.87. The van der Waals surface area contributed by atoms with E-state index < -0.39 is 5.54 Å². The third-order valence-corrected chi connectivity index (χ3v) is 7.41. The van der Waals surface area contributed by atoms with E-state index in [-0.39, 0.29) is 28.3 Å². The zero-order chi connectivity index (χ0) is 17.2. The molecule has 0 amide bonds. The molecule has 0 unspecified atom stereocenters. The van der Waals surface area contributed by atoms with E-state index in [0.717, 1.165) is 12.8 Å². The normalized spacial score (nSPS) is 38.6. The lowest BCUT2D eigenvalue weighted by Crippen LogP contribution is -2.74. The number of rotatable bonds is 0. The number of hydrogen-bond acceptors (Lipinski definition) is 2. The molecule has 0 saturated heterocycles. The summed E-state index contributed by atoms with van der Waals surface area (Å²) in [6.45, 7) is 2.11. The van der Waals surface area contributed by atoms with Crippen molar-refractivity contribution in [1.82, 2.24) is 13.9 Å². The molecule has 2 aromatic rings. The summed E-state index contributed by atoms with van der Waals surface area (Å²) in [5.41, 5.74) is 1.28. The van der Waals surface area contributed by atoms with Gasteiger partial charge in [0.2, 0.25) is 0 Å². The Labute approximate surface area is 144 Å². The van der Waals surface area contributed by atoms with E-state index in [4.69, 9.17) is 0 Å². The molecule has 1 aromatic heterocycles. The van der Waals surface area contributed by atoms with Crippen molar-refractivity contribution in [2.75, 3.05) is 0 Å². The van der Waals surface area contributed by atoms with Crippen LogP contribution >= 0.6 is 0 Å². The van der Waals surface area contributed by atoms with Crippen molar-refractivity contribution in [1.29, 1.82) is 0 Å². The topological polar surface area (TPSA) is 48.9 Å². The van der Waals surface area contributed by atoms with E-state index in [1.54, 1.807) is 16.4 Å². The van der Waals surface area contributed by atoms with Gasteiger partial charge in [0.25, 0.3) is 0 Å². The summed E-state index contributed by atoms with van der Waals surface area (Å²) in [7, 11) is 1.58. The highest BCUT2D eigenvalue weighted by molar-refractivity contribution is 5.59. The number of aromatic nitrogens is 3. The van der Waals surface area contributed by atoms with Crippen LogP contribution in [-0.4, -0.2) is 13.9 Å². The molecule has 1 aromatic carbocycles. The molecule has 0 saturated carbocycles. The molecule has 0 radical (unpaired) electrons. The van der Waals surface area contributed by atoms with Gasteiger partial charge in [0, 0.05) is 12.5 Å². The van der Waals surface area contributed by atoms with Gasteiger partial charge in [-0.15, -0.1) is 0 Å². The zero-order valence-electron chi connectivity index (χ0n) is 14.3. The van der Waals surface area contributed by atoms with Gasteiger partial charge in [-0.1, -0.05) is 48.6 Å². The summed E-state index contributed by atoms with van der Waals surface area (Å²) in [6.07, 6.45) is 10.9. The van der Waals surface area contributed by atoms with Gasteiger partial charge in [0.15, 0.2) is 0 Å². The van der Waals surface area contributed by atoms with Crippen LogP contribution in [0.3, 0.4) is 0 Å². The Morgan fingerprint density at radius 1 is 1.08 bits per heavy atom. The van der Waals surface area contributed by atoms with Crippen molar-refractivity contribution in [2.24, 2.45) is 12.5 Å². The first kappa shape index (κ1) is 13.7. The lowest BCUT2D eigenvalue weighted by Gasteiger charge is -2.71. The highest BCUT2D eigenvalue weighted by atomic mass is 16.2. The van der Waals surface area contributed by atoms with Gasteiger partial charge < -0.3 is 0 Å². The molecule has 126 valence electrons. The molecule has 2 aliphatic heterocycles. The predicted molar refractivity (Wildman–Crippen MR) is 93.8 cm³/mol. The van der Waals surface area contributed by atoms with Gasteiger partial charge in [-0.05, 0) is 30.9 Å². The Kier molecular flexibility index (Phi) is 2.01. The highest BCUT2D eigenvalue weighted by Crippen LogP contribution is 2.72. The number of hydrogen-bond donors (Lipinski definition) is 0. The third kappa shape index (κ3) is 1.06. The fraction of sp³-hybridized carbons (Fsp3) is 0.400. The van der Waals surface area contributed by atoms with Gasteiger partial charge in [-0.25, -0.2) is 23.5 Å². The molecule has 7 rings (SSSR count). The summed E-state index contributed by atoms with van der Waals surface area (Å²) in [5.74, 6) is 0. The zero-order valence-corrected chi connectivity index (χ0v) is 14.3. The van der Waals surface area contributed by atoms with Crippen LogP contribution in [-0.2, 0) is 24.4 Å². The molecule has 5 aliphatic rings. The maximum Gasteiger partial charge on any atom is 0.347 e. The fourth-order valence-corrected chi connectivity index (χ4v) is 6.28. The predicted octanol–water partition coefficient (Wildman–Crippen LogP) is 1.63. The summed E-state index contributed by atoms with van der Waals surface area (Å²) in [5, 5.41) is 0. The minimum Gasteiger partial charge on any atom is -0.246 e. The average molecular weight is 333 g/mol. The molecular weight excluding hydrogens is 314 g/mol. The summed E-state index contributed by atoms with van der Waals surface area (Å²) in [6, 6.07) is 8.49. The van der Waals surface area contributed by atoms with E-state index in [9.17, 15) is 9.59 Å². The van der Waals surface area contributed by atoms with Gasteiger partial charge in [0.05, 0.1) is 17.0 Å². The lowest BCUT2D eigenvalue weighted by molar-refractivity contribution is -0.0557. The second kappa shape index (κ2) is 3.66. The molecular formula is C20H19N3O2. The Morgan fingerprint density at radius 2 is 1.88 bits per heavy atom. The highest BCUT2D eigenvalue weighted by Gasteiger charge is 2.74.